The van der Waals surface area contributed by atoms with Crippen LogP contribution in [0, 0.1) is 11.8 Å². The number of aliphatic carboxylic acids is 1. The predicted molar refractivity (Wildman–Crippen MR) is 106 cm³/mol. The number of hydrogen-bond donors (Lipinski definition) is 2. The van der Waals surface area contributed by atoms with Crippen LogP contribution in [0.1, 0.15) is 42.7 Å². The second kappa shape index (κ2) is 8.05. The van der Waals surface area contributed by atoms with E-state index in [1.807, 2.05) is 24.3 Å². The van der Waals surface area contributed by atoms with Crippen LogP contribution >= 0.6 is 0 Å². The van der Waals surface area contributed by atoms with Crippen molar-refractivity contribution in [2.24, 2.45) is 11.8 Å². The molecule has 2 N–H and O–H groups in total. The summed E-state index contributed by atoms with van der Waals surface area (Å²) < 4.78 is 5.55. The van der Waals surface area contributed by atoms with Crippen LogP contribution in [0.15, 0.2) is 48.5 Å². The zero-order valence-corrected chi connectivity index (χ0v) is 15.8. The van der Waals surface area contributed by atoms with E-state index in [0.29, 0.717) is 31.9 Å². The molecule has 0 aromatic heterocycles. The monoisotopic (exact) mass is 379 g/mol. The van der Waals surface area contributed by atoms with Crippen molar-refractivity contribution in [2.75, 3.05) is 13.2 Å². The Hall–Kier alpha value is -2.82. The Balaban J connectivity index is 1.30. The Kier molecular flexibility index (Phi) is 5.33. The van der Waals surface area contributed by atoms with Gasteiger partial charge < -0.3 is 15.2 Å². The molecular weight excluding hydrogens is 354 g/mol. The first-order valence-electron chi connectivity index (χ1n) is 9.95. The largest absolute Gasteiger partial charge is 0.481 e. The first kappa shape index (κ1) is 18.5. The zero-order valence-electron chi connectivity index (χ0n) is 15.8. The van der Waals surface area contributed by atoms with Crippen LogP contribution in [0.25, 0.3) is 11.1 Å². The lowest BCUT2D eigenvalue weighted by molar-refractivity contribution is -0.143. The molecule has 0 aliphatic heterocycles. The van der Waals surface area contributed by atoms with Gasteiger partial charge in [0, 0.05) is 12.5 Å². The number of carbonyl (C=O) groups is 2. The highest BCUT2D eigenvalue weighted by molar-refractivity contribution is 5.79. The van der Waals surface area contributed by atoms with Gasteiger partial charge in [-0.05, 0) is 53.9 Å². The summed E-state index contributed by atoms with van der Waals surface area (Å²) in [6.07, 6.45) is 2.64. The molecule has 146 valence electrons. The average molecular weight is 379 g/mol. The Labute approximate surface area is 164 Å². The van der Waals surface area contributed by atoms with Gasteiger partial charge in [-0.15, -0.1) is 0 Å². The molecule has 0 radical (unpaired) electrons. The van der Waals surface area contributed by atoms with Gasteiger partial charge in [-0.25, -0.2) is 4.79 Å². The maximum atomic E-state index is 12.2. The smallest absolute Gasteiger partial charge is 0.407 e. The molecule has 5 heteroatoms. The molecule has 0 atom stereocenters. The number of benzene rings is 2. The maximum Gasteiger partial charge on any atom is 0.407 e. The Bertz CT molecular complexity index is 825. The minimum atomic E-state index is -0.706. The molecule has 2 aromatic rings. The number of alkyl carbamates (subject to hydrolysis) is 1. The summed E-state index contributed by atoms with van der Waals surface area (Å²) in [5, 5.41) is 11.9. The normalized spacial score (nSPS) is 20.9. The quantitative estimate of drug-likeness (QED) is 0.806. The van der Waals surface area contributed by atoms with Crippen molar-refractivity contribution >= 4 is 12.1 Å². The fourth-order valence-corrected chi connectivity index (χ4v) is 4.49. The summed E-state index contributed by atoms with van der Waals surface area (Å²) in [6, 6.07) is 16.5. The van der Waals surface area contributed by atoms with Gasteiger partial charge in [0.15, 0.2) is 0 Å². The van der Waals surface area contributed by atoms with Gasteiger partial charge in [0.2, 0.25) is 0 Å². The van der Waals surface area contributed by atoms with E-state index in [-0.39, 0.29) is 11.8 Å². The first-order valence-corrected chi connectivity index (χ1v) is 9.95. The van der Waals surface area contributed by atoms with E-state index in [1.165, 1.54) is 22.3 Å². The lowest BCUT2D eigenvalue weighted by Crippen LogP contribution is -2.33. The van der Waals surface area contributed by atoms with Gasteiger partial charge in [0.1, 0.15) is 6.61 Å². The van der Waals surface area contributed by atoms with Crippen LogP contribution in [-0.2, 0) is 9.53 Å². The fraction of sp³-hybridized carbons (Fsp3) is 0.391. The number of amides is 1. The number of carboxylic acid groups (broad SMARTS) is 1. The van der Waals surface area contributed by atoms with Crippen molar-refractivity contribution in [3.63, 3.8) is 0 Å². The summed E-state index contributed by atoms with van der Waals surface area (Å²) >= 11 is 0. The third kappa shape index (κ3) is 3.75. The maximum absolute atomic E-state index is 12.2. The third-order valence-electron chi connectivity index (χ3n) is 6.07. The molecule has 0 unspecified atom stereocenters. The van der Waals surface area contributed by atoms with E-state index in [9.17, 15) is 9.59 Å². The average Bonchev–Trinajstić information content (AvgIpc) is 3.05. The van der Waals surface area contributed by atoms with E-state index in [1.54, 1.807) is 0 Å². The second-order valence-electron chi connectivity index (χ2n) is 7.76. The van der Waals surface area contributed by atoms with Crippen LogP contribution in [0.2, 0.25) is 0 Å². The first-order chi connectivity index (χ1) is 13.6. The lowest BCUT2D eigenvalue weighted by atomic mass is 9.82. The second-order valence-corrected chi connectivity index (χ2v) is 7.76. The topological polar surface area (TPSA) is 75.6 Å². The summed E-state index contributed by atoms with van der Waals surface area (Å²) in [6.45, 7) is 0.856. The highest BCUT2D eigenvalue weighted by Gasteiger charge is 2.29. The summed E-state index contributed by atoms with van der Waals surface area (Å²) in [5.41, 5.74) is 4.82. The molecule has 0 heterocycles. The molecule has 1 saturated carbocycles. The van der Waals surface area contributed by atoms with Gasteiger partial charge in [-0.2, -0.15) is 0 Å². The minimum Gasteiger partial charge on any atom is -0.481 e. The molecule has 0 spiro atoms. The minimum absolute atomic E-state index is 0.0594. The number of carboxylic acids is 1. The van der Waals surface area contributed by atoms with E-state index < -0.39 is 12.1 Å². The van der Waals surface area contributed by atoms with Crippen molar-refractivity contribution in [1.82, 2.24) is 5.32 Å². The molecule has 2 aliphatic carbocycles. The van der Waals surface area contributed by atoms with Gasteiger partial charge in [0.25, 0.3) is 0 Å². The molecular formula is C23H25NO4. The predicted octanol–water partition coefficient (Wildman–Crippen LogP) is 4.42. The standard InChI is InChI=1S/C23H25NO4/c25-22(26)16-11-9-15(10-12-16)13-24-23(27)28-14-21-19-7-3-1-5-17(19)18-6-2-4-8-20(18)21/h1-8,15-16,21H,9-14H2,(H,24,27)(H,25,26). The fourth-order valence-electron chi connectivity index (χ4n) is 4.49. The van der Waals surface area contributed by atoms with Crippen LogP contribution < -0.4 is 5.32 Å². The van der Waals surface area contributed by atoms with Crippen molar-refractivity contribution < 1.29 is 19.4 Å². The van der Waals surface area contributed by atoms with E-state index in [4.69, 9.17) is 9.84 Å². The van der Waals surface area contributed by atoms with Crippen LogP contribution in [-0.4, -0.2) is 30.3 Å². The molecule has 0 bridgehead atoms. The van der Waals surface area contributed by atoms with Gasteiger partial charge >= 0.3 is 12.1 Å². The van der Waals surface area contributed by atoms with Gasteiger partial charge in [0.05, 0.1) is 5.92 Å². The molecule has 0 saturated heterocycles. The van der Waals surface area contributed by atoms with Gasteiger partial charge in [-0.3, -0.25) is 4.79 Å². The summed E-state index contributed by atoms with van der Waals surface area (Å²) in [4.78, 5) is 23.2. The van der Waals surface area contributed by atoms with Crippen LogP contribution in [0.5, 0.6) is 0 Å². The Morgan fingerprint density at radius 2 is 1.50 bits per heavy atom. The summed E-state index contributed by atoms with van der Waals surface area (Å²) in [7, 11) is 0. The zero-order chi connectivity index (χ0) is 19.5. The number of ether oxygens (including phenoxy) is 1. The molecule has 2 aliphatic rings. The third-order valence-corrected chi connectivity index (χ3v) is 6.07. The summed E-state index contributed by atoms with van der Waals surface area (Å²) in [5.74, 6) is -0.547. The van der Waals surface area contributed by atoms with E-state index >= 15 is 0 Å². The highest BCUT2D eigenvalue weighted by atomic mass is 16.5. The molecule has 28 heavy (non-hydrogen) atoms. The molecule has 1 amide bonds. The van der Waals surface area contributed by atoms with Crippen molar-refractivity contribution in [3.8, 4) is 11.1 Å². The number of carbonyl (C=O) groups excluding carboxylic acids is 1. The van der Waals surface area contributed by atoms with Crippen LogP contribution in [0.3, 0.4) is 0 Å². The number of nitrogens with one attached hydrogen (secondary N) is 1. The number of fused-ring (bicyclic) bond motifs is 3. The SMILES string of the molecule is O=C(NCC1CCC(C(=O)O)CC1)OCC1c2ccccc2-c2ccccc21. The van der Waals surface area contributed by atoms with E-state index in [0.717, 1.165) is 12.8 Å². The molecule has 5 nitrogen and oxygen atoms in total. The molecule has 1 fully saturated rings. The Morgan fingerprint density at radius 1 is 0.929 bits per heavy atom. The van der Waals surface area contributed by atoms with Crippen LogP contribution in [0.4, 0.5) is 4.79 Å². The highest BCUT2D eigenvalue weighted by Crippen LogP contribution is 2.44. The number of hydrogen-bond acceptors (Lipinski definition) is 3. The van der Waals surface area contributed by atoms with Crippen molar-refractivity contribution in [3.05, 3.63) is 59.7 Å². The Morgan fingerprint density at radius 3 is 2.07 bits per heavy atom. The van der Waals surface area contributed by atoms with Crippen molar-refractivity contribution in [1.29, 1.82) is 0 Å². The molecule has 4 rings (SSSR count). The van der Waals surface area contributed by atoms with Crippen molar-refractivity contribution in [2.45, 2.75) is 31.6 Å². The molecule has 2 aromatic carbocycles. The van der Waals surface area contributed by atoms with Gasteiger partial charge in [-0.1, -0.05) is 48.5 Å². The van der Waals surface area contributed by atoms with E-state index in [2.05, 4.69) is 29.6 Å². The lowest BCUT2D eigenvalue weighted by Gasteiger charge is -2.26. The number of rotatable bonds is 5.